The number of aryl methyl sites for hydroxylation is 1. The van der Waals surface area contributed by atoms with E-state index in [0.29, 0.717) is 11.3 Å². The van der Waals surface area contributed by atoms with Gasteiger partial charge in [0.1, 0.15) is 5.75 Å². The number of hydrogen-bond donors (Lipinski definition) is 2. The maximum atomic E-state index is 12.7. The van der Waals surface area contributed by atoms with E-state index in [1.54, 1.807) is 13.2 Å². The summed E-state index contributed by atoms with van der Waals surface area (Å²) in [5.74, 6) is 0.725. The summed E-state index contributed by atoms with van der Waals surface area (Å²) in [5.41, 5.74) is 9.06. The van der Waals surface area contributed by atoms with E-state index in [-0.39, 0.29) is 24.4 Å². The Kier molecular flexibility index (Phi) is 8.29. The van der Waals surface area contributed by atoms with E-state index < -0.39 is 0 Å². The van der Waals surface area contributed by atoms with Crippen molar-refractivity contribution in [3.63, 3.8) is 0 Å². The molecule has 0 saturated heterocycles. The summed E-state index contributed by atoms with van der Waals surface area (Å²) in [6, 6.07) is 13.2. The average molecular weight is 363 g/mol. The highest BCUT2D eigenvalue weighted by atomic mass is 35.5. The Morgan fingerprint density at radius 3 is 2.48 bits per heavy atom. The topological polar surface area (TPSA) is 64.4 Å². The van der Waals surface area contributed by atoms with Crippen LogP contribution in [0.5, 0.6) is 5.75 Å². The Morgan fingerprint density at radius 2 is 1.88 bits per heavy atom. The minimum absolute atomic E-state index is 0. The molecule has 136 valence electrons. The summed E-state index contributed by atoms with van der Waals surface area (Å²) in [6.45, 7) is 4.07. The highest BCUT2D eigenvalue weighted by molar-refractivity contribution is 5.96. The Balaban J connectivity index is 0.00000312. The van der Waals surface area contributed by atoms with Gasteiger partial charge in [-0.05, 0) is 48.7 Å². The monoisotopic (exact) mass is 362 g/mol. The van der Waals surface area contributed by atoms with Gasteiger partial charge in [-0.1, -0.05) is 38.0 Å². The fourth-order valence-corrected chi connectivity index (χ4v) is 2.69. The van der Waals surface area contributed by atoms with E-state index in [4.69, 9.17) is 10.5 Å². The van der Waals surface area contributed by atoms with Gasteiger partial charge < -0.3 is 15.8 Å². The number of amides is 1. The molecule has 0 radical (unpaired) electrons. The van der Waals surface area contributed by atoms with E-state index >= 15 is 0 Å². The lowest BCUT2D eigenvalue weighted by atomic mass is 9.99. The number of carbonyl (C=O) groups excluding carboxylic acids is 1. The quantitative estimate of drug-likeness (QED) is 0.703. The van der Waals surface area contributed by atoms with Crippen molar-refractivity contribution in [2.75, 3.05) is 12.8 Å². The molecule has 0 aliphatic rings. The SMILES string of the molecule is CCCCC(NC(=O)c1cc(N)ccc1C)c1ccc(OC)cc1.Cl. The molecule has 3 N–H and O–H groups in total. The van der Waals surface area contributed by atoms with Gasteiger partial charge in [0.15, 0.2) is 0 Å². The lowest BCUT2D eigenvalue weighted by Gasteiger charge is -2.20. The van der Waals surface area contributed by atoms with Crippen molar-refractivity contribution in [1.29, 1.82) is 0 Å². The number of rotatable bonds is 7. The number of benzene rings is 2. The molecular formula is C20H27ClN2O2. The summed E-state index contributed by atoms with van der Waals surface area (Å²) in [7, 11) is 1.65. The van der Waals surface area contributed by atoms with Gasteiger partial charge in [0.2, 0.25) is 0 Å². The van der Waals surface area contributed by atoms with Gasteiger partial charge in [-0.25, -0.2) is 0 Å². The molecule has 0 aromatic heterocycles. The molecule has 0 spiro atoms. The van der Waals surface area contributed by atoms with Gasteiger partial charge in [-0.15, -0.1) is 12.4 Å². The first-order chi connectivity index (χ1) is 11.5. The first-order valence-corrected chi connectivity index (χ1v) is 8.36. The van der Waals surface area contributed by atoms with Crippen LogP contribution >= 0.6 is 12.4 Å². The highest BCUT2D eigenvalue weighted by Gasteiger charge is 2.17. The van der Waals surface area contributed by atoms with Gasteiger partial charge >= 0.3 is 0 Å². The standard InChI is InChI=1S/C20H26N2O2.ClH/c1-4-5-6-19(15-8-11-17(24-3)12-9-15)22-20(23)18-13-16(21)10-7-14(18)2;/h7-13,19H,4-6,21H2,1-3H3,(H,22,23);1H. The average Bonchev–Trinajstić information content (AvgIpc) is 2.60. The number of unbranched alkanes of at least 4 members (excludes halogenated alkanes) is 1. The molecule has 0 saturated carbocycles. The van der Waals surface area contributed by atoms with Crippen LogP contribution in [0, 0.1) is 6.92 Å². The second kappa shape index (κ2) is 9.94. The maximum Gasteiger partial charge on any atom is 0.252 e. The van der Waals surface area contributed by atoms with E-state index in [0.717, 1.165) is 36.1 Å². The van der Waals surface area contributed by atoms with Gasteiger partial charge in [-0.3, -0.25) is 4.79 Å². The van der Waals surface area contributed by atoms with Crippen molar-refractivity contribution in [2.45, 2.75) is 39.2 Å². The number of hydrogen-bond acceptors (Lipinski definition) is 3. The maximum absolute atomic E-state index is 12.7. The second-order valence-corrected chi connectivity index (χ2v) is 6.02. The Morgan fingerprint density at radius 1 is 1.20 bits per heavy atom. The zero-order chi connectivity index (χ0) is 17.5. The molecule has 2 aromatic carbocycles. The predicted molar refractivity (Wildman–Crippen MR) is 106 cm³/mol. The molecule has 0 aliphatic heterocycles. The molecule has 25 heavy (non-hydrogen) atoms. The van der Waals surface area contributed by atoms with E-state index in [9.17, 15) is 4.79 Å². The summed E-state index contributed by atoms with van der Waals surface area (Å²) in [6.07, 6.45) is 3.03. The second-order valence-electron chi connectivity index (χ2n) is 6.02. The number of nitrogens with one attached hydrogen (secondary N) is 1. The molecule has 0 aliphatic carbocycles. The van der Waals surface area contributed by atoms with Crippen molar-refractivity contribution in [1.82, 2.24) is 5.32 Å². The number of nitrogen functional groups attached to an aromatic ring is 1. The largest absolute Gasteiger partial charge is 0.497 e. The number of anilines is 1. The van der Waals surface area contributed by atoms with Crippen molar-refractivity contribution in [2.24, 2.45) is 0 Å². The van der Waals surface area contributed by atoms with Crippen molar-refractivity contribution in [3.8, 4) is 5.75 Å². The molecule has 2 rings (SSSR count). The number of carbonyl (C=O) groups is 1. The molecule has 0 bridgehead atoms. The van der Waals surface area contributed by atoms with Crippen molar-refractivity contribution >= 4 is 24.0 Å². The summed E-state index contributed by atoms with van der Waals surface area (Å²) in [5, 5.41) is 3.15. The Bertz CT molecular complexity index is 687. The third-order valence-corrected chi connectivity index (χ3v) is 4.18. The molecule has 4 nitrogen and oxygen atoms in total. The number of methoxy groups -OCH3 is 1. The number of ether oxygens (including phenoxy) is 1. The van der Waals surface area contributed by atoms with Crippen LogP contribution in [0.1, 0.15) is 53.7 Å². The predicted octanol–water partition coefficient (Wildman–Crippen LogP) is 4.67. The van der Waals surface area contributed by atoms with E-state index in [2.05, 4.69) is 12.2 Å². The molecule has 0 heterocycles. The van der Waals surface area contributed by atoms with Crippen LogP contribution in [0.25, 0.3) is 0 Å². The van der Waals surface area contributed by atoms with Crippen LogP contribution in [-0.4, -0.2) is 13.0 Å². The minimum Gasteiger partial charge on any atom is -0.497 e. The van der Waals surface area contributed by atoms with Crippen molar-refractivity contribution in [3.05, 3.63) is 59.2 Å². The summed E-state index contributed by atoms with van der Waals surface area (Å²) >= 11 is 0. The van der Waals surface area contributed by atoms with Gasteiger partial charge in [0.05, 0.1) is 13.2 Å². The summed E-state index contributed by atoms with van der Waals surface area (Å²) in [4.78, 5) is 12.7. The molecule has 1 atom stereocenters. The van der Waals surface area contributed by atoms with Crippen LogP contribution in [0.4, 0.5) is 5.69 Å². The lowest BCUT2D eigenvalue weighted by Crippen LogP contribution is -2.29. The van der Waals surface area contributed by atoms with Crippen LogP contribution in [0.2, 0.25) is 0 Å². The van der Waals surface area contributed by atoms with Gasteiger partial charge in [0, 0.05) is 11.3 Å². The van der Waals surface area contributed by atoms with E-state index in [1.807, 2.05) is 43.3 Å². The van der Waals surface area contributed by atoms with Gasteiger partial charge in [0.25, 0.3) is 5.91 Å². The molecule has 0 fully saturated rings. The van der Waals surface area contributed by atoms with E-state index in [1.165, 1.54) is 0 Å². The molecule has 2 aromatic rings. The third kappa shape index (κ3) is 5.68. The smallest absolute Gasteiger partial charge is 0.252 e. The number of nitrogens with two attached hydrogens (primary N) is 1. The Hall–Kier alpha value is -2.20. The van der Waals surface area contributed by atoms with Crippen LogP contribution in [-0.2, 0) is 0 Å². The fourth-order valence-electron chi connectivity index (χ4n) is 2.69. The van der Waals surface area contributed by atoms with Crippen molar-refractivity contribution < 1.29 is 9.53 Å². The van der Waals surface area contributed by atoms with Crippen LogP contribution in [0.15, 0.2) is 42.5 Å². The molecular weight excluding hydrogens is 336 g/mol. The van der Waals surface area contributed by atoms with Crippen LogP contribution < -0.4 is 15.8 Å². The molecule has 1 unspecified atom stereocenters. The Labute approximate surface area is 156 Å². The van der Waals surface area contributed by atoms with Gasteiger partial charge in [-0.2, -0.15) is 0 Å². The third-order valence-electron chi connectivity index (χ3n) is 4.18. The lowest BCUT2D eigenvalue weighted by molar-refractivity contribution is 0.0933. The molecule has 5 heteroatoms. The zero-order valence-electron chi connectivity index (χ0n) is 15.0. The molecule has 1 amide bonds. The first-order valence-electron chi connectivity index (χ1n) is 8.36. The highest BCUT2D eigenvalue weighted by Crippen LogP contribution is 2.23. The first kappa shape index (κ1) is 20.8. The fraction of sp³-hybridized carbons (Fsp3) is 0.350. The normalized spacial score (nSPS) is 11.3. The summed E-state index contributed by atoms with van der Waals surface area (Å²) < 4.78 is 5.21. The van der Waals surface area contributed by atoms with Crippen LogP contribution in [0.3, 0.4) is 0 Å². The number of halogens is 1. The zero-order valence-corrected chi connectivity index (χ0v) is 15.9. The minimum atomic E-state index is -0.0864.